The fraction of sp³-hybridized carbons (Fsp3) is 0.438. The molecule has 7 heteroatoms. The number of benzene rings is 1. The normalized spacial score (nSPS) is 28.0. The maximum absolute atomic E-state index is 14.1. The minimum absolute atomic E-state index is 0.139. The molecule has 23 heavy (non-hydrogen) atoms. The van der Waals surface area contributed by atoms with E-state index in [9.17, 15) is 18.8 Å². The lowest BCUT2D eigenvalue weighted by atomic mass is 9.93. The Balaban J connectivity index is 1.58. The van der Waals surface area contributed by atoms with Crippen LogP contribution in [0, 0.1) is 5.82 Å². The van der Waals surface area contributed by atoms with E-state index in [0.29, 0.717) is 31.4 Å². The van der Waals surface area contributed by atoms with Gasteiger partial charge < -0.3 is 10.2 Å². The number of urea groups is 1. The molecule has 2 aliphatic heterocycles. The average molecular weight is 317 g/mol. The molecule has 1 aromatic carbocycles. The summed E-state index contributed by atoms with van der Waals surface area (Å²) in [5.74, 6) is -0.930. The van der Waals surface area contributed by atoms with E-state index in [1.807, 2.05) is 0 Å². The van der Waals surface area contributed by atoms with Gasteiger partial charge in [-0.15, -0.1) is 0 Å². The summed E-state index contributed by atoms with van der Waals surface area (Å²) in [7, 11) is 0. The van der Waals surface area contributed by atoms with Crippen molar-refractivity contribution >= 4 is 17.8 Å². The standard InChI is InChI=1S/C16H16FN3O3/c17-11-4-2-1-3-10(11)15(5-6-15)13(22)20-8-7-16(9-20)12(21)18-14(23)19-16/h1-4H,5-9H2,(H2,18,19,21,23)/t16-/m0/s1. The minimum atomic E-state index is -1.03. The van der Waals surface area contributed by atoms with Crippen molar-refractivity contribution in [1.29, 1.82) is 0 Å². The van der Waals surface area contributed by atoms with Gasteiger partial charge >= 0.3 is 6.03 Å². The molecule has 4 rings (SSSR count). The summed E-state index contributed by atoms with van der Waals surface area (Å²) >= 11 is 0. The molecule has 1 aromatic rings. The van der Waals surface area contributed by atoms with E-state index in [1.165, 1.54) is 6.07 Å². The van der Waals surface area contributed by atoms with Crippen LogP contribution in [0.2, 0.25) is 0 Å². The Morgan fingerprint density at radius 1 is 1.17 bits per heavy atom. The number of hydrogen-bond acceptors (Lipinski definition) is 3. The van der Waals surface area contributed by atoms with Crippen LogP contribution in [-0.4, -0.2) is 41.4 Å². The first kappa shape index (κ1) is 14.2. The van der Waals surface area contributed by atoms with Gasteiger partial charge in [0.25, 0.3) is 5.91 Å². The summed E-state index contributed by atoms with van der Waals surface area (Å²) in [6, 6.07) is 5.80. The molecule has 0 unspecified atom stereocenters. The minimum Gasteiger partial charge on any atom is -0.339 e. The Morgan fingerprint density at radius 2 is 1.91 bits per heavy atom. The van der Waals surface area contributed by atoms with Crippen molar-refractivity contribution in [3.05, 3.63) is 35.6 Å². The van der Waals surface area contributed by atoms with Crippen molar-refractivity contribution in [1.82, 2.24) is 15.5 Å². The number of amides is 4. The highest BCUT2D eigenvalue weighted by molar-refractivity contribution is 6.08. The molecule has 3 aliphatic rings. The number of nitrogens with zero attached hydrogens (tertiary/aromatic N) is 1. The number of rotatable bonds is 2. The molecule has 3 fully saturated rings. The molecule has 1 atom stereocenters. The van der Waals surface area contributed by atoms with Crippen molar-refractivity contribution in [2.75, 3.05) is 13.1 Å². The monoisotopic (exact) mass is 317 g/mol. The van der Waals surface area contributed by atoms with Crippen LogP contribution in [0.1, 0.15) is 24.8 Å². The van der Waals surface area contributed by atoms with Crippen LogP contribution in [0.25, 0.3) is 0 Å². The van der Waals surface area contributed by atoms with Crippen LogP contribution >= 0.6 is 0 Å². The Kier molecular flexibility index (Phi) is 2.79. The lowest BCUT2D eigenvalue weighted by Crippen LogP contribution is -2.50. The van der Waals surface area contributed by atoms with Gasteiger partial charge in [0.05, 0.1) is 12.0 Å². The van der Waals surface area contributed by atoms with Gasteiger partial charge in [0, 0.05) is 12.1 Å². The molecule has 2 N–H and O–H groups in total. The highest BCUT2D eigenvalue weighted by Gasteiger charge is 2.58. The molecule has 2 saturated heterocycles. The molecule has 120 valence electrons. The van der Waals surface area contributed by atoms with Crippen LogP contribution in [-0.2, 0) is 15.0 Å². The molecule has 0 aromatic heterocycles. The molecule has 1 saturated carbocycles. The zero-order valence-electron chi connectivity index (χ0n) is 12.4. The summed E-state index contributed by atoms with van der Waals surface area (Å²) < 4.78 is 14.1. The first-order valence-electron chi connectivity index (χ1n) is 7.65. The van der Waals surface area contributed by atoms with Crippen molar-refractivity contribution in [3.63, 3.8) is 0 Å². The smallest absolute Gasteiger partial charge is 0.322 e. The van der Waals surface area contributed by atoms with Gasteiger partial charge in [0.15, 0.2) is 0 Å². The molecular weight excluding hydrogens is 301 g/mol. The summed E-state index contributed by atoms with van der Waals surface area (Å²) in [6.07, 6.45) is 1.59. The van der Waals surface area contributed by atoms with E-state index >= 15 is 0 Å². The van der Waals surface area contributed by atoms with Gasteiger partial charge in [-0.05, 0) is 25.3 Å². The quantitative estimate of drug-likeness (QED) is 0.787. The largest absolute Gasteiger partial charge is 0.339 e. The maximum atomic E-state index is 14.1. The number of halogens is 1. The summed E-state index contributed by atoms with van der Waals surface area (Å²) in [5, 5.41) is 4.84. The number of likely N-dealkylation sites (tertiary alicyclic amines) is 1. The Morgan fingerprint density at radius 3 is 2.52 bits per heavy atom. The van der Waals surface area contributed by atoms with E-state index in [2.05, 4.69) is 10.6 Å². The molecule has 6 nitrogen and oxygen atoms in total. The van der Waals surface area contributed by atoms with Crippen molar-refractivity contribution in [3.8, 4) is 0 Å². The van der Waals surface area contributed by atoms with Gasteiger partial charge in [0.1, 0.15) is 11.4 Å². The number of nitrogens with one attached hydrogen (secondary N) is 2. The number of carbonyl (C=O) groups is 3. The van der Waals surface area contributed by atoms with E-state index in [1.54, 1.807) is 23.1 Å². The first-order chi connectivity index (χ1) is 11.0. The first-order valence-corrected chi connectivity index (χ1v) is 7.65. The van der Waals surface area contributed by atoms with Gasteiger partial charge in [-0.2, -0.15) is 0 Å². The highest BCUT2D eigenvalue weighted by Crippen LogP contribution is 2.51. The second-order valence-corrected chi connectivity index (χ2v) is 6.53. The van der Waals surface area contributed by atoms with Crippen LogP contribution in [0.4, 0.5) is 9.18 Å². The molecule has 0 bridgehead atoms. The van der Waals surface area contributed by atoms with Crippen molar-refractivity contribution in [2.24, 2.45) is 0 Å². The highest BCUT2D eigenvalue weighted by atomic mass is 19.1. The second-order valence-electron chi connectivity index (χ2n) is 6.53. The zero-order chi connectivity index (χ0) is 16.2. The van der Waals surface area contributed by atoms with Gasteiger partial charge in [-0.1, -0.05) is 18.2 Å². The fourth-order valence-electron chi connectivity index (χ4n) is 3.67. The fourth-order valence-corrected chi connectivity index (χ4v) is 3.67. The third-order valence-electron chi connectivity index (χ3n) is 5.12. The SMILES string of the molecule is O=C1NC(=O)[C@@]2(CCN(C(=O)C3(c4ccccc4F)CC3)C2)N1. The van der Waals surface area contributed by atoms with Gasteiger partial charge in [-0.3, -0.25) is 14.9 Å². The Bertz CT molecular complexity index is 731. The lowest BCUT2D eigenvalue weighted by molar-refractivity contribution is -0.133. The number of imide groups is 1. The predicted octanol–water partition coefficient (Wildman–Crippen LogP) is 0.668. The van der Waals surface area contributed by atoms with Gasteiger partial charge in [0.2, 0.25) is 5.91 Å². The van der Waals surface area contributed by atoms with Crippen LogP contribution in [0.15, 0.2) is 24.3 Å². The van der Waals surface area contributed by atoms with E-state index < -0.39 is 22.9 Å². The summed E-state index contributed by atoms with van der Waals surface area (Å²) in [4.78, 5) is 37.8. The third-order valence-corrected chi connectivity index (χ3v) is 5.12. The van der Waals surface area contributed by atoms with Crippen LogP contribution < -0.4 is 10.6 Å². The lowest BCUT2D eigenvalue weighted by Gasteiger charge is -2.25. The summed E-state index contributed by atoms with van der Waals surface area (Å²) in [6.45, 7) is 0.516. The molecule has 1 spiro atoms. The maximum Gasteiger partial charge on any atom is 0.322 e. The molecular formula is C16H16FN3O3. The van der Waals surface area contributed by atoms with E-state index in [-0.39, 0.29) is 18.3 Å². The van der Waals surface area contributed by atoms with Crippen LogP contribution in [0.5, 0.6) is 0 Å². The van der Waals surface area contributed by atoms with Crippen LogP contribution in [0.3, 0.4) is 0 Å². The third kappa shape index (κ3) is 1.95. The second kappa shape index (κ2) is 4.53. The molecule has 0 radical (unpaired) electrons. The van der Waals surface area contributed by atoms with E-state index in [0.717, 1.165) is 0 Å². The predicted molar refractivity (Wildman–Crippen MR) is 77.9 cm³/mol. The zero-order valence-corrected chi connectivity index (χ0v) is 12.4. The van der Waals surface area contributed by atoms with Crippen molar-refractivity contribution < 1.29 is 18.8 Å². The summed E-state index contributed by atoms with van der Waals surface area (Å²) in [5.41, 5.74) is -1.42. The Hall–Kier alpha value is -2.44. The average Bonchev–Trinajstić information content (AvgIpc) is 3.13. The molecule has 1 aliphatic carbocycles. The topological polar surface area (TPSA) is 78.5 Å². The number of carbonyl (C=O) groups excluding carboxylic acids is 3. The van der Waals surface area contributed by atoms with E-state index in [4.69, 9.17) is 0 Å². The number of hydrogen-bond donors (Lipinski definition) is 2. The van der Waals surface area contributed by atoms with Crippen molar-refractivity contribution in [2.45, 2.75) is 30.2 Å². The molecule has 4 amide bonds. The Labute approximate surface area is 132 Å². The molecule has 2 heterocycles. The van der Waals surface area contributed by atoms with Gasteiger partial charge in [-0.25, -0.2) is 9.18 Å².